The second-order valence-electron chi connectivity index (χ2n) is 7.86. The zero-order valence-electron chi connectivity index (χ0n) is 17.6. The maximum absolute atomic E-state index is 13.4. The maximum atomic E-state index is 13.4. The summed E-state index contributed by atoms with van der Waals surface area (Å²) in [6, 6.07) is 1.86. The third kappa shape index (κ3) is 3.16. The van der Waals surface area contributed by atoms with Gasteiger partial charge in [0, 0.05) is 39.8 Å². The molecule has 1 aliphatic carbocycles. The van der Waals surface area contributed by atoms with Crippen LogP contribution in [0.3, 0.4) is 0 Å². The number of rotatable bonds is 4. The van der Waals surface area contributed by atoms with E-state index in [4.69, 9.17) is 4.98 Å². The molecule has 1 N–H and O–H groups in total. The number of fused-ring (bicyclic) bond motifs is 1. The molecule has 0 atom stereocenters. The van der Waals surface area contributed by atoms with E-state index in [1.54, 1.807) is 30.5 Å². The normalized spacial score (nSPS) is 13.7. The van der Waals surface area contributed by atoms with Crippen LogP contribution in [0.25, 0.3) is 11.0 Å². The summed E-state index contributed by atoms with van der Waals surface area (Å²) in [7, 11) is 6.90. The summed E-state index contributed by atoms with van der Waals surface area (Å²) in [4.78, 5) is 32.1. The minimum atomic E-state index is -0.292. The number of pyridine rings is 1. The van der Waals surface area contributed by atoms with E-state index < -0.39 is 0 Å². The van der Waals surface area contributed by atoms with E-state index in [1.165, 1.54) is 4.90 Å². The molecule has 9 heteroatoms. The Hall–Kier alpha value is -3.23. The third-order valence-corrected chi connectivity index (χ3v) is 5.41. The highest BCUT2D eigenvalue weighted by Crippen LogP contribution is 2.40. The summed E-state index contributed by atoms with van der Waals surface area (Å²) in [5, 5.41) is 12.4. The number of aryl methyl sites for hydroxylation is 3. The lowest BCUT2D eigenvalue weighted by molar-refractivity contribution is 0.0822. The summed E-state index contributed by atoms with van der Waals surface area (Å²) in [6.45, 7) is 3.69. The number of hydrogen-bond donors (Lipinski definition) is 1. The van der Waals surface area contributed by atoms with E-state index in [0.29, 0.717) is 28.5 Å². The largest absolute Gasteiger partial charge is 0.343 e. The average Bonchev–Trinajstić information content (AvgIpc) is 3.44. The van der Waals surface area contributed by atoms with Gasteiger partial charge in [0.15, 0.2) is 11.3 Å². The number of hydrogen-bond acceptors (Lipinski definition) is 5. The van der Waals surface area contributed by atoms with Crippen LogP contribution in [-0.2, 0) is 14.1 Å². The lowest BCUT2D eigenvalue weighted by atomic mass is 10.1. The molecule has 0 unspecified atom stereocenters. The Morgan fingerprint density at radius 3 is 2.45 bits per heavy atom. The molecule has 152 valence electrons. The van der Waals surface area contributed by atoms with Crippen LogP contribution < -0.4 is 5.32 Å². The van der Waals surface area contributed by atoms with Crippen LogP contribution in [0.1, 0.15) is 56.7 Å². The van der Waals surface area contributed by atoms with Gasteiger partial charge < -0.3 is 10.2 Å². The summed E-state index contributed by atoms with van der Waals surface area (Å²) < 4.78 is 3.31. The fourth-order valence-electron chi connectivity index (χ4n) is 3.53. The molecule has 4 rings (SSSR count). The second kappa shape index (κ2) is 6.68. The Bertz CT molecular complexity index is 1150. The number of nitrogens with one attached hydrogen (secondary N) is 1. The van der Waals surface area contributed by atoms with Gasteiger partial charge in [0.25, 0.3) is 11.8 Å². The van der Waals surface area contributed by atoms with Crippen LogP contribution in [0.2, 0.25) is 0 Å². The molecule has 0 bridgehead atoms. The van der Waals surface area contributed by atoms with Gasteiger partial charge in [-0.1, -0.05) is 0 Å². The Balaban J connectivity index is 1.81. The van der Waals surface area contributed by atoms with Crippen molar-refractivity contribution in [2.75, 3.05) is 19.4 Å². The van der Waals surface area contributed by atoms with E-state index in [9.17, 15) is 9.59 Å². The minimum Gasteiger partial charge on any atom is -0.343 e. The first kappa shape index (κ1) is 19.1. The fraction of sp³-hybridized carbons (Fsp3) is 0.450. The Labute approximate surface area is 168 Å². The van der Waals surface area contributed by atoms with E-state index in [0.717, 1.165) is 29.6 Å². The van der Waals surface area contributed by atoms with Gasteiger partial charge in [0.2, 0.25) is 0 Å². The molecule has 0 spiro atoms. The molecule has 1 saturated carbocycles. The molecule has 1 aliphatic rings. The average molecular weight is 395 g/mol. The number of anilines is 1. The molecule has 9 nitrogen and oxygen atoms in total. The molecule has 29 heavy (non-hydrogen) atoms. The van der Waals surface area contributed by atoms with Gasteiger partial charge in [-0.2, -0.15) is 10.2 Å². The van der Waals surface area contributed by atoms with Crippen molar-refractivity contribution in [1.29, 1.82) is 0 Å². The molecular weight excluding hydrogens is 370 g/mol. The highest BCUT2D eigenvalue weighted by Gasteiger charge is 2.29. The zero-order chi connectivity index (χ0) is 21.0. The topological polar surface area (TPSA) is 97.9 Å². The maximum Gasteiger partial charge on any atom is 0.276 e. The summed E-state index contributed by atoms with van der Waals surface area (Å²) in [6.07, 6.45) is 2.17. The smallest absolute Gasteiger partial charge is 0.276 e. The summed E-state index contributed by atoms with van der Waals surface area (Å²) >= 11 is 0. The van der Waals surface area contributed by atoms with Crippen molar-refractivity contribution in [2.45, 2.75) is 32.6 Å². The molecule has 2 amide bonds. The highest BCUT2D eigenvalue weighted by molar-refractivity contribution is 6.14. The molecule has 3 aromatic rings. The fourth-order valence-corrected chi connectivity index (χ4v) is 3.53. The number of aromatic nitrogens is 5. The van der Waals surface area contributed by atoms with Crippen LogP contribution in [0, 0.1) is 13.8 Å². The van der Waals surface area contributed by atoms with Crippen LogP contribution in [0.4, 0.5) is 5.69 Å². The highest BCUT2D eigenvalue weighted by atomic mass is 16.2. The molecular formula is C20H25N7O2. The van der Waals surface area contributed by atoms with Crippen molar-refractivity contribution in [3.05, 3.63) is 34.4 Å². The lowest BCUT2D eigenvalue weighted by Gasteiger charge is -2.12. The lowest BCUT2D eigenvalue weighted by Crippen LogP contribution is -2.24. The first-order valence-electron chi connectivity index (χ1n) is 9.59. The number of nitrogens with zero attached hydrogens (tertiary/aromatic N) is 6. The van der Waals surface area contributed by atoms with Crippen molar-refractivity contribution in [2.24, 2.45) is 14.1 Å². The third-order valence-electron chi connectivity index (χ3n) is 5.41. The van der Waals surface area contributed by atoms with Crippen molar-refractivity contribution in [3.8, 4) is 0 Å². The van der Waals surface area contributed by atoms with E-state index in [2.05, 4.69) is 15.5 Å². The van der Waals surface area contributed by atoms with Gasteiger partial charge in [0.1, 0.15) is 0 Å². The number of carbonyl (C=O) groups is 2. The summed E-state index contributed by atoms with van der Waals surface area (Å²) in [5.41, 5.74) is 4.24. The van der Waals surface area contributed by atoms with Crippen molar-refractivity contribution in [3.63, 3.8) is 0 Å². The standard InChI is InChI=1S/C20H25N7O2/c1-10-15-13(9-14(12-7-8-12)21-18(15)27(6)23-10)19(28)22-16-11(2)26(5)24-17(16)20(29)25(3)4/h9,12H,7-8H2,1-6H3,(H,22,28). The summed E-state index contributed by atoms with van der Waals surface area (Å²) in [5.74, 6) is -0.161. The molecule has 0 aliphatic heterocycles. The Morgan fingerprint density at radius 1 is 1.14 bits per heavy atom. The first-order chi connectivity index (χ1) is 13.7. The SMILES string of the molecule is Cc1nn(C)c2nc(C3CC3)cc(C(=O)Nc3c(C(=O)N(C)C)nn(C)c3C)c12. The van der Waals surface area contributed by atoms with E-state index >= 15 is 0 Å². The van der Waals surface area contributed by atoms with E-state index in [-0.39, 0.29) is 17.5 Å². The second-order valence-corrected chi connectivity index (χ2v) is 7.86. The molecule has 0 saturated heterocycles. The van der Waals surface area contributed by atoms with Crippen molar-refractivity contribution in [1.82, 2.24) is 29.4 Å². The van der Waals surface area contributed by atoms with Gasteiger partial charge in [0.05, 0.1) is 28.0 Å². The Morgan fingerprint density at radius 2 is 1.83 bits per heavy atom. The van der Waals surface area contributed by atoms with Gasteiger partial charge in [-0.15, -0.1) is 0 Å². The predicted octanol–water partition coefficient (Wildman–Crippen LogP) is 2.15. The minimum absolute atomic E-state index is 0.221. The van der Waals surface area contributed by atoms with Gasteiger partial charge >= 0.3 is 0 Å². The molecule has 1 fully saturated rings. The monoisotopic (exact) mass is 395 g/mol. The zero-order valence-corrected chi connectivity index (χ0v) is 17.6. The predicted molar refractivity (Wildman–Crippen MR) is 109 cm³/mol. The number of carbonyl (C=O) groups excluding carboxylic acids is 2. The first-order valence-corrected chi connectivity index (χ1v) is 9.59. The quantitative estimate of drug-likeness (QED) is 0.730. The molecule has 0 aromatic carbocycles. The van der Waals surface area contributed by atoms with Crippen molar-refractivity contribution < 1.29 is 9.59 Å². The van der Waals surface area contributed by atoms with Gasteiger partial charge in [-0.3, -0.25) is 19.0 Å². The van der Waals surface area contributed by atoms with Crippen LogP contribution in [0.5, 0.6) is 0 Å². The van der Waals surface area contributed by atoms with Crippen LogP contribution in [-0.4, -0.2) is 55.4 Å². The van der Waals surface area contributed by atoms with Crippen LogP contribution >= 0.6 is 0 Å². The number of amides is 2. The van der Waals surface area contributed by atoms with Crippen LogP contribution in [0.15, 0.2) is 6.07 Å². The Kier molecular flexibility index (Phi) is 4.40. The molecule has 0 radical (unpaired) electrons. The molecule has 3 heterocycles. The molecule has 3 aromatic heterocycles. The van der Waals surface area contributed by atoms with Gasteiger partial charge in [-0.05, 0) is 32.8 Å². The van der Waals surface area contributed by atoms with E-state index in [1.807, 2.05) is 27.0 Å². The van der Waals surface area contributed by atoms with Crippen molar-refractivity contribution >= 4 is 28.5 Å². The van der Waals surface area contributed by atoms with Gasteiger partial charge in [-0.25, -0.2) is 4.98 Å².